The van der Waals surface area contributed by atoms with Crippen LogP contribution in [0.5, 0.6) is 0 Å². The van der Waals surface area contributed by atoms with Gasteiger partial charge >= 0.3 is 0 Å². The number of carbonyl (C=O) groups excluding carboxylic acids is 1. The number of carbonyl (C=O) groups is 1. The van der Waals surface area contributed by atoms with Gasteiger partial charge in [-0.05, 0) is 24.5 Å². The van der Waals surface area contributed by atoms with Crippen LogP contribution in [0, 0.1) is 0 Å². The van der Waals surface area contributed by atoms with Gasteiger partial charge in [0.25, 0.3) is 5.91 Å². The molecule has 2 aromatic carbocycles. The van der Waals surface area contributed by atoms with Crippen LogP contribution in [0.2, 0.25) is 5.02 Å². The molecule has 0 saturated carbocycles. The van der Waals surface area contributed by atoms with Crippen LogP contribution in [0.4, 0.5) is 5.95 Å². The molecule has 1 amide bonds. The van der Waals surface area contributed by atoms with Gasteiger partial charge in [-0.25, -0.2) is 4.98 Å². The third kappa shape index (κ3) is 3.59. The van der Waals surface area contributed by atoms with Crippen LogP contribution in [0.15, 0.2) is 54.9 Å². The highest BCUT2D eigenvalue weighted by Gasteiger charge is 2.33. The van der Waals surface area contributed by atoms with Crippen LogP contribution in [0.3, 0.4) is 0 Å². The molecule has 3 aromatic heterocycles. The average Bonchev–Trinajstić information content (AvgIpc) is 3.55. The first-order valence-electron chi connectivity index (χ1n) is 13.0. The van der Waals surface area contributed by atoms with Gasteiger partial charge in [0.2, 0.25) is 5.95 Å². The van der Waals surface area contributed by atoms with E-state index >= 15 is 0 Å². The Morgan fingerprint density at radius 2 is 1.92 bits per heavy atom. The molecule has 5 aromatic rings. The number of anilines is 1. The second-order valence-electron chi connectivity index (χ2n) is 9.11. The number of halogens is 1. The highest BCUT2D eigenvalue weighted by molar-refractivity contribution is 6.38. The van der Waals surface area contributed by atoms with Gasteiger partial charge in [0.15, 0.2) is 0 Å². The molecule has 1 aliphatic heterocycles. The third-order valence-electron chi connectivity index (χ3n) is 6.95. The number of nitrogens with one attached hydrogen (secondary N) is 1. The van der Waals surface area contributed by atoms with E-state index < -0.39 is 18.4 Å². The number of hydrogen-bond acceptors (Lipinski definition) is 6. The number of amides is 1. The molecule has 5 N–H and O–H groups in total. The summed E-state index contributed by atoms with van der Waals surface area (Å²) in [4.78, 5) is 27.0. The zero-order valence-electron chi connectivity index (χ0n) is 22.2. The maximum absolute atomic E-state index is 12.6. The monoisotopic (exact) mass is 503 g/mol. The molecule has 0 unspecified atom stereocenters. The summed E-state index contributed by atoms with van der Waals surface area (Å²) in [6, 6.07) is 13.4. The van der Waals surface area contributed by atoms with Gasteiger partial charge < -0.3 is 21.4 Å². The standard InChI is InChI=1S/C26H25ClN8O/c1-34-14-18-19(33-34)8-7-16(21(18)27)17-13-30-24-20(17)22(23(28)36)31-25(32-24)35-11-9-26(29,10-12-35)15-5-3-2-4-6-15/h2-8,13-14H,9-12,29H2,1H3,(H2,28,36)(H,30,31,32)/i1D3. The van der Waals surface area contributed by atoms with E-state index in [4.69, 9.17) is 32.2 Å². The Balaban J connectivity index is 1.38. The van der Waals surface area contributed by atoms with Crippen molar-refractivity contribution in [1.29, 1.82) is 0 Å². The molecule has 36 heavy (non-hydrogen) atoms. The first-order chi connectivity index (χ1) is 18.5. The lowest BCUT2D eigenvalue weighted by atomic mass is 9.82. The van der Waals surface area contributed by atoms with E-state index in [-0.39, 0.29) is 5.69 Å². The largest absolute Gasteiger partial charge is 0.364 e. The summed E-state index contributed by atoms with van der Waals surface area (Å²) in [6.45, 7) is -1.22. The normalized spacial score (nSPS) is 17.2. The molecule has 9 nitrogen and oxygen atoms in total. The number of fused-ring (bicyclic) bond motifs is 2. The van der Waals surface area contributed by atoms with E-state index in [0.717, 1.165) is 10.2 Å². The Kier molecular flexibility index (Phi) is 4.45. The van der Waals surface area contributed by atoms with Crippen LogP contribution in [0.1, 0.15) is 33.0 Å². The number of nitrogens with zero attached hydrogens (tertiary/aromatic N) is 5. The third-order valence-corrected chi connectivity index (χ3v) is 7.36. The molecule has 1 saturated heterocycles. The zero-order valence-corrected chi connectivity index (χ0v) is 20.0. The summed E-state index contributed by atoms with van der Waals surface area (Å²) >= 11 is 6.73. The molecule has 10 heteroatoms. The number of aromatic nitrogens is 5. The molecular weight excluding hydrogens is 476 g/mol. The molecular formula is C26H25ClN8O. The quantitative estimate of drug-likeness (QED) is 0.342. The molecule has 182 valence electrons. The van der Waals surface area contributed by atoms with Crippen molar-refractivity contribution in [1.82, 2.24) is 24.7 Å². The number of aryl methyl sites for hydroxylation is 1. The highest BCUT2D eigenvalue weighted by atomic mass is 35.5. The number of hydrogen-bond donors (Lipinski definition) is 3. The summed E-state index contributed by atoms with van der Waals surface area (Å²) in [7, 11) is 0. The lowest BCUT2D eigenvalue weighted by molar-refractivity contribution is 0.0997. The van der Waals surface area contributed by atoms with Crippen molar-refractivity contribution in [2.75, 3.05) is 18.0 Å². The number of benzene rings is 2. The Morgan fingerprint density at radius 3 is 2.64 bits per heavy atom. The summed E-state index contributed by atoms with van der Waals surface area (Å²) in [6.07, 6.45) is 4.46. The first kappa shape index (κ1) is 19.3. The summed E-state index contributed by atoms with van der Waals surface area (Å²) in [5.74, 6) is -0.313. The molecule has 6 rings (SSSR count). The predicted octanol–water partition coefficient (Wildman–Crippen LogP) is 3.72. The van der Waals surface area contributed by atoms with Crippen molar-refractivity contribution >= 4 is 45.4 Å². The Labute approximate surface area is 216 Å². The van der Waals surface area contributed by atoms with E-state index in [1.807, 2.05) is 35.2 Å². The van der Waals surface area contributed by atoms with Crippen LogP contribution in [0.25, 0.3) is 33.1 Å². The summed E-state index contributed by atoms with van der Waals surface area (Å²) in [5, 5.41) is 5.31. The summed E-state index contributed by atoms with van der Waals surface area (Å²) < 4.78 is 23.8. The minimum absolute atomic E-state index is 0.0632. The minimum Gasteiger partial charge on any atom is -0.364 e. The van der Waals surface area contributed by atoms with Gasteiger partial charge in [-0.1, -0.05) is 48.0 Å². The molecule has 0 bridgehead atoms. The van der Waals surface area contributed by atoms with Crippen molar-refractivity contribution in [2.24, 2.45) is 18.4 Å². The van der Waals surface area contributed by atoms with Gasteiger partial charge in [0.1, 0.15) is 11.3 Å². The highest BCUT2D eigenvalue weighted by Crippen LogP contribution is 2.39. The predicted molar refractivity (Wildman–Crippen MR) is 141 cm³/mol. The van der Waals surface area contributed by atoms with Gasteiger partial charge in [-0.15, -0.1) is 0 Å². The van der Waals surface area contributed by atoms with Crippen LogP contribution in [-0.4, -0.2) is 43.7 Å². The number of nitrogens with two attached hydrogens (primary N) is 2. The van der Waals surface area contributed by atoms with E-state index in [2.05, 4.69) is 15.1 Å². The molecule has 0 radical (unpaired) electrons. The lowest BCUT2D eigenvalue weighted by Crippen LogP contribution is -2.48. The molecule has 0 atom stereocenters. The van der Waals surface area contributed by atoms with E-state index in [1.165, 1.54) is 6.20 Å². The molecule has 4 heterocycles. The van der Waals surface area contributed by atoms with Crippen molar-refractivity contribution in [3.8, 4) is 11.1 Å². The zero-order chi connectivity index (χ0) is 27.5. The van der Waals surface area contributed by atoms with E-state index in [0.29, 0.717) is 70.0 Å². The van der Waals surface area contributed by atoms with Crippen molar-refractivity contribution in [3.05, 3.63) is 71.1 Å². The molecule has 0 aliphatic carbocycles. The second kappa shape index (κ2) is 8.32. The van der Waals surface area contributed by atoms with Crippen LogP contribution >= 0.6 is 11.6 Å². The Morgan fingerprint density at radius 1 is 1.14 bits per heavy atom. The number of H-pyrrole nitrogens is 1. The van der Waals surface area contributed by atoms with Crippen molar-refractivity contribution in [2.45, 2.75) is 18.4 Å². The van der Waals surface area contributed by atoms with E-state index in [9.17, 15) is 4.79 Å². The summed E-state index contributed by atoms with van der Waals surface area (Å²) in [5.41, 5.74) is 15.2. The lowest BCUT2D eigenvalue weighted by Gasteiger charge is -2.39. The fourth-order valence-corrected chi connectivity index (χ4v) is 5.30. The van der Waals surface area contributed by atoms with Crippen LogP contribution < -0.4 is 16.4 Å². The Bertz CT molecular complexity index is 1720. The SMILES string of the molecule is [2H]C([2H])([2H])n1cc2c(Cl)c(-c3c[nH]c4nc(N5CCC(N)(c6ccccc6)CC5)nc(C(N)=O)c34)ccc2n1. The first-order valence-corrected chi connectivity index (χ1v) is 11.9. The number of piperidine rings is 1. The smallest absolute Gasteiger partial charge is 0.268 e. The molecule has 1 aliphatic rings. The second-order valence-corrected chi connectivity index (χ2v) is 9.48. The maximum atomic E-state index is 12.6. The fourth-order valence-electron chi connectivity index (χ4n) is 4.99. The number of aromatic amines is 1. The molecule has 0 spiro atoms. The van der Waals surface area contributed by atoms with Gasteiger partial charge in [-0.3, -0.25) is 9.48 Å². The van der Waals surface area contributed by atoms with Gasteiger partial charge in [-0.2, -0.15) is 10.1 Å². The van der Waals surface area contributed by atoms with E-state index in [1.54, 1.807) is 18.3 Å². The molecule has 1 fully saturated rings. The van der Waals surface area contributed by atoms with Crippen molar-refractivity contribution < 1.29 is 8.91 Å². The Hall–Kier alpha value is -3.95. The fraction of sp³-hybridized carbons (Fsp3) is 0.231. The minimum atomic E-state index is -2.44. The number of primary amides is 1. The van der Waals surface area contributed by atoms with Gasteiger partial charge in [0.05, 0.1) is 15.9 Å². The topological polar surface area (TPSA) is 132 Å². The average molecular weight is 504 g/mol. The van der Waals surface area contributed by atoms with Crippen molar-refractivity contribution in [3.63, 3.8) is 0 Å². The maximum Gasteiger partial charge on any atom is 0.268 e. The number of rotatable bonds is 4. The van der Waals surface area contributed by atoms with Crippen LogP contribution in [-0.2, 0) is 12.5 Å². The van der Waals surface area contributed by atoms with Gasteiger partial charge in [0, 0.05) is 58.6 Å².